The molecule has 1 atom stereocenters. The first kappa shape index (κ1) is 18.1. The van der Waals surface area contributed by atoms with E-state index < -0.39 is 23.8 Å². The molecule has 1 aliphatic rings. The van der Waals surface area contributed by atoms with Gasteiger partial charge in [-0.1, -0.05) is 6.07 Å². The molecule has 9 heteroatoms. The fourth-order valence-corrected chi connectivity index (χ4v) is 2.26. The highest BCUT2D eigenvalue weighted by Gasteiger charge is 2.21. The number of ether oxygens (including phenoxy) is 2. The van der Waals surface area contributed by atoms with E-state index in [9.17, 15) is 14.4 Å². The molecular formula is C18H16N2O7. The van der Waals surface area contributed by atoms with Crippen molar-refractivity contribution >= 4 is 23.9 Å². The van der Waals surface area contributed by atoms with Crippen molar-refractivity contribution in [3.05, 3.63) is 53.6 Å². The maximum Gasteiger partial charge on any atom is 0.325 e. The van der Waals surface area contributed by atoms with Crippen LogP contribution in [0, 0.1) is 0 Å². The van der Waals surface area contributed by atoms with Crippen molar-refractivity contribution in [2.45, 2.75) is 13.0 Å². The molecule has 2 amide bonds. The Morgan fingerprint density at radius 3 is 2.67 bits per heavy atom. The number of aliphatic carboxylic acids is 1. The van der Waals surface area contributed by atoms with Crippen molar-refractivity contribution in [1.29, 1.82) is 0 Å². The lowest BCUT2D eigenvalue weighted by Gasteiger charge is -2.13. The third-order valence-corrected chi connectivity index (χ3v) is 3.66. The van der Waals surface area contributed by atoms with E-state index >= 15 is 0 Å². The van der Waals surface area contributed by atoms with Crippen molar-refractivity contribution in [3.8, 4) is 11.5 Å². The first-order valence-electron chi connectivity index (χ1n) is 7.94. The molecule has 2 aromatic rings. The zero-order chi connectivity index (χ0) is 19.4. The first-order chi connectivity index (χ1) is 12.9. The minimum atomic E-state index is -1.21. The molecule has 0 unspecified atom stereocenters. The van der Waals surface area contributed by atoms with Crippen LogP contribution in [0.4, 0.5) is 0 Å². The standard InChI is InChI=1S/C18H16N2O7/c1-10(18(23)24)19-16(21)12(20-17(22)14-3-2-6-25-14)7-11-4-5-13-15(8-11)27-9-26-13/h2-8,10H,9H2,1H3,(H,19,21)(H,20,22)(H,23,24)/b12-7-/t10-/m1/s1. The van der Waals surface area contributed by atoms with Gasteiger partial charge in [-0.25, -0.2) is 0 Å². The Balaban J connectivity index is 1.87. The summed E-state index contributed by atoms with van der Waals surface area (Å²) in [5, 5.41) is 13.7. The molecule has 3 rings (SSSR count). The summed E-state index contributed by atoms with van der Waals surface area (Å²) in [6.07, 6.45) is 2.72. The fourth-order valence-electron chi connectivity index (χ4n) is 2.26. The maximum atomic E-state index is 12.5. The molecule has 2 heterocycles. The Bertz CT molecular complexity index is 902. The number of benzene rings is 1. The molecule has 0 saturated heterocycles. The number of nitrogens with one attached hydrogen (secondary N) is 2. The summed E-state index contributed by atoms with van der Waals surface area (Å²) in [7, 11) is 0. The van der Waals surface area contributed by atoms with Gasteiger partial charge in [0, 0.05) is 0 Å². The Morgan fingerprint density at radius 2 is 1.96 bits per heavy atom. The van der Waals surface area contributed by atoms with Crippen LogP contribution >= 0.6 is 0 Å². The average Bonchev–Trinajstić information content (AvgIpc) is 3.32. The summed E-state index contributed by atoms with van der Waals surface area (Å²) >= 11 is 0. The predicted molar refractivity (Wildman–Crippen MR) is 92.0 cm³/mol. The number of carbonyl (C=O) groups excluding carboxylic acids is 2. The van der Waals surface area contributed by atoms with Gasteiger partial charge in [-0.2, -0.15) is 0 Å². The zero-order valence-corrected chi connectivity index (χ0v) is 14.2. The molecule has 140 valence electrons. The second-order valence-electron chi connectivity index (χ2n) is 5.64. The van der Waals surface area contributed by atoms with Gasteiger partial charge in [0.1, 0.15) is 11.7 Å². The third kappa shape index (κ3) is 4.27. The van der Waals surface area contributed by atoms with Gasteiger partial charge in [-0.05, 0) is 42.8 Å². The van der Waals surface area contributed by atoms with Gasteiger partial charge in [-0.15, -0.1) is 0 Å². The first-order valence-corrected chi connectivity index (χ1v) is 7.94. The van der Waals surface area contributed by atoms with Gasteiger partial charge < -0.3 is 29.6 Å². The average molecular weight is 372 g/mol. The van der Waals surface area contributed by atoms with Crippen LogP contribution in [0.25, 0.3) is 6.08 Å². The Hall–Kier alpha value is -3.75. The van der Waals surface area contributed by atoms with Gasteiger partial charge in [0.15, 0.2) is 17.3 Å². The largest absolute Gasteiger partial charge is 0.480 e. The quantitative estimate of drug-likeness (QED) is 0.654. The number of carboxylic acids is 1. The lowest BCUT2D eigenvalue weighted by molar-refractivity contribution is -0.140. The Kier molecular flexibility index (Phi) is 5.11. The maximum absolute atomic E-state index is 12.5. The summed E-state index contributed by atoms with van der Waals surface area (Å²) in [5.41, 5.74) is 0.399. The van der Waals surface area contributed by atoms with Crippen LogP contribution in [0.3, 0.4) is 0 Å². The van der Waals surface area contributed by atoms with Crippen LogP contribution in [0.5, 0.6) is 11.5 Å². The van der Waals surface area contributed by atoms with Crippen LogP contribution in [-0.2, 0) is 9.59 Å². The second-order valence-corrected chi connectivity index (χ2v) is 5.64. The van der Waals surface area contributed by atoms with E-state index in [4.69, 9.17) is 19.0 Å². The molecule has 0 fully saturated rings. The normalized spacial score (nSPS) is 13.7. The van der Waals surface area contributed by atoms with Crippen LogP contribution in [0.15, 0.2) is 46.7 Å². The molecule has 3 N–H and O–H groups in total. The van der Waals surface area contributed by atoms with E-state index in [1.165, 1.54) is 31.4 Å². The van der Waals surface area contributed by atoms with E-state index in [1.54, 1.807) is 18.2 Å². The van der Waals surface area contributed by atoms with E-state index in [2.05, 4.69) is 10.6 Å². The molecule has 0 spiro atoms. The lowest BCUT2D eigenvalue weighted by Crippen LogP contribution is -2.42. The third-order valence-electron chi connectivity index (χ3n) is 3.66. The molecule has 1 aromatic carbocycles. The van der Waals surface area contributed by atoms with Crippen molar-refractivity contribution in [2.24, 2.45) is 0 Å². The van der Waals surface area contributed by atoms with E-state index in [0.29, 0.717) is 17.1 Å². The molecule has 9 nitrogen and oxygen atoms in total. The summed E-state index contributed by atoms with van der Waals surface area (Å²) in [5.74, 6) is -1.54. The van der Waals surface area contributed by atoms with Crippen LogP contribution in [0.1, 0.15) is 23.0 Å². The van der Waals surface area contributed by atoms with E-state index in [1.807, 2.05) is 0 Å². The van der Waals surface area contributed by atoms with Gasteiger partial charge in [-0.3, -0.25) is 14.4 Å². The minimum absolute atomic E-state index is 0.00525. The van der Waals surface area contributed by atoms with Gasteiger partial charge in [0.2, 0.25) is 6.79 Å². The number of hydrogen-bond acceptors (Lipinski definition) is 6. The van der Waals surface area contributed by atoms with Crippen molar-refractivity contribution in [1.82, 2.24) is 10.6 Å². The van der Waals surface area contributed by atoms with Crippen LogP contribution < -0.4 is 20.1 Å². The van der Waals surface area contributed by atoms with E-state index in [-0.39, 0.29) is 18.3 Å². The van der Waals surface area contributed by atoms with Crippen LogP contribution in [-0.4, -0.2) is 35.7 Å². The molecule has 0 saturated carbocycles. The van der Waals surface area contributed by atoms with Gasteiger partial charge in [0.05, 0.1) is 6.26 Å². The van der Waals surface area contributed by atoms with Gasteiger partial charge >= 0.3 is 5.97 Å². The smallest absolute Gasteiger partial charge is 0.325 e. The topological polar surface area (TPSA) is 127 Å². The van der Waals surface area contributed by atoms with E-state index in [0.717, 1.165) is 0 Å². The molecule has 27 heavy (non-hydrogen) atoms. The van der Waals surface area contributed by atoms with Gasteiger partial charge in [0.25, 0.3) is 11.8 Å². The monoisotopic (exact) mass is 372 g/mol. The number of fused-ring (bicyclic) bond motifs is 1. The molecular weight excluding hydrogens is 356 g/mol. The number of furan rings is 1. The summed E-state index contributed by atoms with van der Waals surface area (Å²) in [6.45, 7) is 1.41. The lowest BCUT2D eigenvalue weighted by atomic mass is 10.1. The molecule has 0 radical (unpaired) electrons. The SMILES string of the molecule is C[C@@H](NC(=O)/C(=C/c1ccc2c(c1)OCO2)NC(=O)c1ccco1)C(=O)O. The predicted octanol–water partition coefficient (Wildman–Crippen LogP) is 1.37. The Labute approximate surface area is 153 Å². The molecule has 1 aromatic heterocycles. The summed E-state index contributed by atoms with van der Waals surface area (Å²) in [6, 6.07) is 6.79. The highest BCUT2D eigenvalue weighted by Crippen LogP contribution is 2.33. The Morgan fingerprint density at radius 1 is 1.19 bits per heavy atom. The highest BCUT2D eigenvalue weighted by molar-refractivity contribution is 6.05. The summed E-state index contributed by atoms with van der Waals surface area (Å²) in [4.78, 5) is 35.7. The van der Waals surface area contributed by atoms with Crippen LogP contribution in [0.2, 0.25) is 0 Å². The molecule has 0 bridgehead atoms. The second kappa shape index (κ2) is 7.65. The van der Waals surface area contributed by atoms with Crippen molar-refractivity contribution in [3.63, 3.8) is 0 Å². The highest BCUT2D eigenvalue weighted by atomic mass is 16.7. The number of amides is 2. The molecule has 1 aliphatic heterocycles. The minimum Gasteiger partial charge on any atom is -0.480 e. The number of carboxylic acid groups (broad SMARTS) is 1. The number of hydrogen-bond donors (Lipinski definition) is 3. The van der Waals surface area contributed by atoms with Crippen molar-refractivity contribution < 1.29 is 33.4 Å². The zero-order valence-electron chi connectivity index (χ0n) is 14.2. The fraction of sp³-hybridized carbons (Fsp3) is 0.167. The van der Waals surface area contributed by atoms with Crippen molar-refractivity contribution in [2.75, 3.05) is 6.79 Å². The summed E-state index contributed by atoms with van der Waals surface area (Å²) < 4.78 is 15.5. The molecule has 0 aliphatic carbocycles. The number of carbonyl (C=O) groups is 3. The number of rotatable bonds is 6.